The van der Waals surface area contributed by atoms with Crippen molar-refractivity contribution in [1.29, 1.82) is 0 Å². The summed E-state index contributed by atoms with van der Waals surface area (Å²) in [4.78, 5) is 6.35. The minimum Gasteiger partial charge on any atom is -0.381 e. The highest BCUT2D eigenvalue weighted by Gasteiger charge is 2.23. The first-order valence-electron chi connectivity index (χ1n) is 7.10. The van der Waals surface area contributed by atoms with Gasteiger partial charge in [0.15, 0.2) is 0 Å². The summed E-state index contributed by atoms with van der Waals surface area (Å²) in [5.74, 6) is 0.639. The van der Waals surface area contributed by atoms with Crippen LogP contribution in [0.3, 0.4) is 0 Å². The zero-order valence-electron chi connectivity index (χ0n) is 11.1. The number of nitrogens with one attached hydrogen (secondary N) is 1. The third kappa shape index (κ3) is 2.76. The number of rotatable bonds is 3. The van der Waals surface area contributed by atoms with Crippen LogP contribution in [0.2, 0.25) is 0 Å². The van der Waals surface area contributed by atoms with Crippen LogP contribution >= 0.6 is 11.3 Å². The van der Waals surface area contributed by atoms with E-state index in [9.17, 15) is 0 Å². The van der Waals surface area contributed by atoms with Crippen LogP contribution in [0, 0.1) is 6.92 Å². The molecule has 1 aromatic rings. The van der Waals surface area contributed by atoms with Gasteiger partial charge in [0.2, 0.25) is 0 Å². The number of ether oxygens (including phenoxy) is 1. The van der Waals surface area contributed by atoms with Crippen molar-refractivity contribution >= 4 is 11.3 Å². The summed E-state index contributed by atoms with van der Waals surface area (Å²) < 4.78 is 5.44. The molecule has 3 nitrogen and oxygen atoms in total. The molecule has 3 rings (SSSR count). The van der Waals surface area contributed by atoms with E-state index in [4.69, 9.17) is 9.72 Å². The molecule has 2 saturated heterocycles. The summed E-state index contributed by atoms with van der Waals surface area (Å²) in [6, 6.07) is 0.665. The molecular formula is C14H22N2OS. The maximum absolute atomic E-state index is 5.44. The molecule has 1 N–H and O–H groups in total. The molecule has 3 heterocycles. The molecule has 0 aliphatic carbocycles. The largest absolute Gasteiger partial charge is 0.381 e. The van der Waals surface area contributed by atoms with E-state index in [1.807, 2.05) is 11.3 Å². The quantitative estimate of drug-likeness (QED) is 0.913. The Kier molecular flexibility index (Phi) is 3.97. The minimum atomic E-state index is 0.639. The fraction of sp³-hybridized carbons (Fsp3) is 0.786. The van der Waals surface area contributed by atoms with Crippen LogP contribution in [0.1, 0.15) is 47.2 Å². The average Bonchev–Trinajstić information content (AvgIpc) is 3.01. The molecule has 0 spiro atoms. The highest BCUT2D eigenvalue weighted by molar-refractivity contribution is 7.11. The fourth-order valence-electron chi connectivity index (χ4n) is 3.04. The molecule has 1 aromatic heterocycles. The third-order valence-electron chi connectivity index (χ3n) is 4.07. The Labute approximate surface area is 113 Å². The molecule has 2 fully saturated rings. The molecule has 1 atom stereocenters. The molecule has 0 aromatic carbocycles. The first kappa shape index (κ1) is 12.6. The van der Waals surface area contributed by atoms with Crippen LogP contribution in [-0.4, -0.2) is 30.8 Å². The van der Waals surface area contributed by atoms with Gasteiger partial charge in [-0.05, 0) is 39.2 Å². The Hall–Kier alpha value is -0.450. The lowest BCUT2D eigenvalue weighted by molar-refractivity contribution is 0.0845. The average molecular weight is 266 g/mol. The van der Waals surface area contributed by atoms with Crippen molar-refractivity contribution in [1.82, 2.24) is 10.3 Å². The standard InChI is InChI=1S/C14H22N2OS/c1-10-14(11-4-7-17-8-5-11)16-13(18-10)9-12-3-2-6-15-12/h11-12,15H,2-9H2,1H3. The zero-order valence-corrected chi connectivity index (χ0v) is 11.9. The molecule has 0 radical (unpaired) electrons. The number of thiazole rings is 1. The lowest BCUT2D eigenvalue weighted by Crippen LogP contribution is -2.23. The van der Waals surface area contributed by atoms with E-state index in [2.05, 4.69) is 12.2 Å². The molecule has 0 saturated carbocycles. The van der Waals surface area contributed by atoms with E-state index < -0.39 is 0 Å². The molecular weight excluding hydrogens is 244 g/mol. The van der Waals surface area contributed by atoms with Gasteiger partial charge in [-0.1, -0.05) is 0 Å². The van der Waals surface area contributed by atoms with Crippen LogP contribution in [0.15, 0.2) is 0 Å². The predicted molar refractivity (Wildman–Crippen MR) is 74.4 cm³/mol. The number of hydrogen-bond donors (Lipinski definition) is 1. The van der Waals surface area contributed by atoms with E-state index in [1.54, 1.807) is 0 Å². The van der Waals surface area contributed by atoms with Gasteiger partial charge in [0, 0.05) is 36.5 Å². The molecule has 18 heavy (non-hydrogen) atoms. The number of nitrogens with zero attached hydrogens (tertiary/aromatic N) is 1. The second-order valence-corrected chi connectivity index (χ2v) is 6.72. The van der Waals surface area contributed by atoms with Gasteiger partial charge in [0.05, 0.1) is 10.7 Å². The van der Waals surface area contributed by atoms with Crippen molar-refractivity contribution in [3.63, 3.8) is 0 Å². The van der Waals surface area contributed by atoms with Crippen molar-refractivity contribution < 1.29 is 4.74 Å². The van der Waals surface area contributed by atoms with Crippen LogP contribution in [0.4, 0.5) is 0 Å². The molecule has 2 aliphatic rings. The van der Waals surface area contributed by atoms with Crippen molar-refractivity contribution in [2.75, 3.05) is 19.8 Å². The van der Waals surface area contributed by atoms with E-state index >= 15 is 0 Å². The number of hydrogen-bond acceptors (Lipinski definition) is 4. The summed E-state index contributed by atoms with van der Waals surface area (Å²) in [7, 11) is 0. The molecule has 4 heteroatoms. The topological polar surface area (TPSA) is 34.2 Å². The summed E-state index contributed by atoms with van der Waals surface area (Å²) in [5.41, 5.74) is 1.36. The van der Waals surface area contributed by atoms with Gasteiger partial charge in [0.1, 0.15) is 0 Å². The van der Waals surface area contributed by atoms with Crippen LogP contribution in [-0.2, 0) is 11.2 Å². The second-order valence-electron chi connectivity index (χ2n) is 5.43. The Balaban J connectivity index is 1.69. The lowest BCUT2D eigenvalue weighted by atomic mass is 9.96. The highest BCUT2D eigenvalue weighted by Crippen LogP contribution is 2.32. The Morgan fingerprint density at radius 3 is 2.89 bits per heavy atom. The monoisotopic (exact) mass is 266 g/mol. The first-order valence-corrected chi connectivity index (χ1v) is 7.92. The molecule has 0 amide bonds. The van der Waals surface area contributed by atoms with Crippen molar-refractivity contribution in [2.45, 2.75) is 51.0 Å². The Bertz CT molecular complexity index is 392. The maximum Gasteiger partial charge on any atom is 0.0946 e. The molecule has 1 unspecified atom stereocenters. The van der Waals surface area contributed by atoms with Gasteiger partial charge in [-0.3, -0.25) is 0 Å². The molecule has 100 valence electrons. The van der Waals surface area contributed by atoms with Gasteiger partial charge in [0.25, 0.3) is 0 Å². The van der Waals surface area contributed by atoms with Crippen LogP contribution in [0.25, 0.3) is 0 Å². The predicted octanol–water partition coefficient (Wildman–Crippen LogP) is 2.64. The van der Waals surface area contributed by atoms with Gasteiger partial charge in [-0.2, -0.15) is 0 Å². The summed E-state index contributed by atoms with van der Waals surface area (Å²) in [5, 5.41) is 4.89. The van der Waals surface area contributed by atoms with Gasteiger partial charge in [-0.15, -0.1) is 11.3 Å². The minimum absolute atomic E-state index is 0.639. The fourth-order valence-corrected chi connectivity index (χ4v) is 4.14. The van der Waals surface area contributed by atoms with Crippen molar-refractivity contribution in [2.24, 2.45) is 0 Å². The molecule has 2 aliphatic heterocycles. The zero-order chi connectivity index (χ0) is 12.4. The Morgan fingerprint density at radius 2 is 2.17 bits per heavy atom. The summed E-state index contributed by atoms with van der Waals surface area (Å²) >= 11 is 1.90. The number of aromatic nitrogens is 1. The highest BCUT2D eigenvalue weighted by atomic mass is 32.1. The van der Waals surface area contributed by atoms with Crippen LogP contribution in [0.5, 0.6) is 0 Å². The van der Waals surface area contributed by atoms with Crippen molar-refractivity contribution in [3.8, 4) is 0 Å². The van der Waals surface area contributed by atoms with Gasteiger partial charge < -0.3 is 10.1 Å². The SMILES string of the molecule is Cc1sc(CC2CCCN2)nc1C1CCOCC1. The molecule has 0 bridgehead atoms. The third-order valence-corrected chi connectivity index (χ3v) is 5.08. The second kappa shape index (κ2) is 5.68. The van der Waals surface area contributed by atoms with Gasteiger partial charge >= 0.3 is 0 Å². The summed E-state index contributed by atoms with van der Waals surface area (Å²) in [6.07, 6.45) is 6.04. The van der Waals surface area contributed by atoms with E-state index in [0.717, 1.165) is 32.5 Å². The normalized spacial score (nSPS) is 25.7. The van der Waals surface area contributed by atoms with Crippen LogP contribution < -0.4 is 5.32 Å². The summed E-state index contributed by atoms with van der Waals surface area (Å²) in [6.45, 7) is 5.22. The first-order chi connectivity index (χ1) is 8.83. The smallest absolute Gasteiger partial charge is 0.0946 e. The Morgan fingerprint density at radius 1 is 1.33 bits per heavy atom. The lowest BCUT2D eigenvalue weighted by Gasteiger charge is -2.20. The van der Waals surface area contributed by atoms with E-state index in [-0.39, 0.29) is 0 Å². The van der Waals surface area contributed by atoms with Crippen molar-refractivity contribution in [3.05, 3.63) is 15.6 Å². The van der Waals surface area contributed by atoms with E-state index in [1.165, 1.54) is 35.0 Å². The van der Waals surface area contributed by atoms with E-state index in [0.29, 0.717) is 12.0 Å². The number of aryl methyl sites for hydroxylation is 1. The van der Waals surface area contributed by atoms with Gasteiger partial charge in [-0.25, -0.2) is 4.98 Å². The maximum atomic E-state index is 5.44.